The van der Waals surface area contributed by atoms with Crippen LogP contribution in [0.25, 0.3) is 0 Å². The van der Waals surface area contributed by atoms with Gasteiger partial charge in [-0.15, -0.1) is 6.58 Å². The molecule has 1 rings (SSSR count). The normalized spacial score (nSPS) is 10.5. The first-order chi connectivity index (χ1) is 7.24. The van der Waals surface area contributed by atoms with Gasteiger partial charge in [0.05, 0.1) is 0 Å². The molecule has 0 unspecified atom stereocenters. The summed E-state index contributed by atoms with van der Waals surface area (Å²) >= 11 is 1.89. The van der Waals surface area contributed by atoms with Crippen LogP contribution in [0.1, 0.15) is 17.1 Å². The molecule has 1 aromatic heterocycles. The van der Waals surface area contributed by atoms with Crippen LogP contribution in [-0.4, -0.2) is 18.1 Å². The van der Waals surface area contributed by atoms with Crippen molar-refractivity contribution in [3.63, 3.8) is 0 Å². The quantitative estimate of drug-likeness (QED) is 0.570. The largest absolute Gasteiger partial charge is 0.466 e. The van der Waals surface area contributed by atoms with E-state index in [4.69, 9.17) is 4.42 Å². The van der Waals surface area contributed by atoms with E-state index in [2.05, 4.69) is 18.0 Å². The number of nitrogens with one attached hydrogen (secondary N) is 1. The van der Waals surface area contributed by atoms with Gasteiger partial charge < -0.3 is 9.73 Å². The zero-order chi connectivity index (χ0) is 11.1. The predicted molar refractivity (Wildman–Crippen MR) is 67.4 cm³/mol. The summed E-state index contributed by atoms with van der Waals surface area (Å²) in [6, 6.07) is 2.10. The smallest absolute Gasteiger partial charge is 0.105 e. The van der Waals surface area contributed by atoms with Crippen molar-refractivity contribution in [2.24, 2.45) is 0 Å². The Morgan fingerprint density at radius 1 is 1.53 bits per heavy atom. The molecule has 0 aromatic carbocycles. The first-order valence-electron chi connectivity index (χ1n) is 5.19. The van der Waals surface area contributed by atoms with Crippen LogP contribution in [-0.2, 0) is 6.54 Å². The third-order valence-corrected chi connectivity index (χ3v) is 3.08. The Bertz CT molecular complexity index is 307. The molecular formula is C12H19NOS. The van der Waals surface area contributed by atoms with Crippen molar-refractivity contribution in [2.45, 2.75) is 20.4 Å². The second kappa shape index (κ2) is 6.75. The van der Waals surface area contributed by atoms with Gasteiger partial charge in [0.25, 0.3) is 0 Å². The first-order valence-corrected chi connectivity index (χ1v) is 6.34. The van der Waals surface area contributed by atoms with E-state index < -0.39 is 0 Å². The summed E-state index contributed by atoms with van der Waals surface area (Å²) < 4.78 is 5.45. The number of aryl methyl sites for hydroxylation is 2. The Labute approximate surface area is 96.1 Å². The molecule has 0 spiro atoms. The van der Waals surface area contributed by atoms with E-state index in [1.165, 1.54) is 5.56 Å². The highest BCUT2D eigenvalue weighted by Crippen LogP contribution is 2.12. The average Bonchev–Trinajstić information content (AvgIpc) is 2.51. The summed E-state index contributed by atoms with van der Waals surface area (Å²) in [5.41, 5.74) is 1.27. The van der Waals surface area contributed by atoms with Crippen LogP contribution in [0.15, 0.2) is 23.1 Å². The van der Waals surface area contributed by atoms with Gasteiger partial charge in [0.15, 0.2) is 0 Å². The van der Waals surface area contributed by atoms with Gasteiger partial charge in [-0.05, 0) is 19.9 Å². The van der Waals surface area contributed by atoms with E-state index in [0.29, 0.717) is 0 Å². The van der Waals surface area contributed by atoms with Crippen molar-refractivity contribution in [1.82, 2.24) is 5.32 Å². The van der Waals surface area contributed by atoms with Gasteiger partial charge in [-0.25, -0.2) is 0 Å². The van der Waals surface area contributed by atoms with E-state index in [1.54, 1.807) is 0 Å². The maximum atomic E-state index is 5.45. The molecule has 2 nitrogen and oxygen atoms in total. The van der Waals surface area contributed by atoms with Crippen molar-refractivity contribution in [2.75, 3.05) is 18.1 Å². The van der Waals surface area contributed by atoms with E-state index in [1.807, 2.05) is 31.7 Å². The van der Waals surface area contributed by atoms with Crippen molar-refractivity contribution >= 4 is 11.8 Å². The molecule has 0 radical (unpaired) electrons. The zero-order valence-electron chi connectivity index (χ0n) is 9.51. The lowest BCUT2D eigenvalue weighted by atomic mass is 10.2. The number of rotatable bonds is 7. The summed E-state index contributed by atoms with van der Waals surface area (Å²) in [4.78, 5) is 0. The lowest BCUT2D eigenvalue weighted by Gasteiger charge is -2.02. The third kappa shape index (κ3) is 4.58. The molecule has 15 heavy (non-hydrogen) atoms. The highest BCUT2D eigenvalue weighted by atomic mass is 32.2. The van der Waals surface area contributed by atoms with Gasteiger partial charge in [-0.1, -0.05) is 6.08 Å². The minimum atomic E-state index is 0.901. The van der Waals surface area contributed by atoms with Gasteiger partial charge in [0.1, 0.15) is 11.5 Å². The Balaban J connectivity index is 2.14. The minimum absolute atomic E-state index is 0.901. The Morgan fingerprint density at radius 3 is 2.93 bits per heavy atom. The lowest BCUT2D eigenvalue weighted by Crippen LogP contribution is -2.16. The first kappa shape index (κ1) is 12.4. The van der Waals surface area contributed by atoms with Crippen LogP contribution in [0, 0.1) is 13.8 Å². The Kier molecular flexibility index (Phi) is 5.58. The van der Waals surface area contributed by atoms with Crippen LogP contribution in [0.3, 0.4) is 0 Å². The molecule has 0 saturated heterocycles. The highest BCUT2D eigenvalue weighted by molar-refractivity contribution is 7.99. The van der Waals surface area contributed by atoms with Crippen molar-refractivity contribution < 1.29 is 4.42 Å². The van der Waals surface area contributed by atoms with E-state index in [9.17, 15) is 0 Å². The van der Waals surface area contributed by atoms with Crippen LogP contribution in [0.5, 0.6) is 0 Å². The topological polar surface area (TPSA) is 25.2 Å². The van der Waals surface area contributed by atoms with E-state index >= 15 is 0 Å². The molecular weight excluding hydrogens is 206 g/mol. The molecule has 1 N–H and O–H groups in total. The van der Waals surface area contributed by atoms with Gasteiger partial charge in [-0.2, -0.15) is 11.8 Å². The third-order valence-electron chi connectivity index (χ3n) is 2.12. The highest BCUT2D eigenvalue weighted by Gasteiger charge is 2.02. The molecule has 0 amide bonds. The van der Waals surface area contributed by atoms with Gasteiger partial charge in [-0.3, -0.25) is 0 Å². The molecule has 0 saturated carbocycles. The summed E-state index contributed by atoms with van der Waals surface area (Å²) in [7, 11) is 0. The molecule has 0 atom stereocenters. The van der Waals surface area contributed by atoms with Crippen LogP contribution in [0.4, 0.5) is 0 Å². The number of furan rings is 1. The van der Waals surface area contributed by atoms with Crippen molar-refractivity contribution in [3.05, 3.63) is 35.8 Å². The zero-order valence-corrected chi connectivity index (χ0v) is 10.3. The Morgan fingerprint density at radius 2 is 2.33 bits per heavy atom. The molecule has 0 fully saturated rings. The molecule has 0 aliphatic rings. The van der Waals surface area contributed by atoms with Crippen LogP contribution >= 0.6 is 11.8 Å². The second-order valence-corrected chi connectivity index (χ2v) is 4.63. The van der Waals surface area contributed by atoms with Gasteiger partial charge >= 0.3 is 0 Å². The molecule has 0 aliphatic carbocycles. The number of thioether (sulfide) groups is 1. The lowest BCUT2D eigenvalue weighted by molar-refractivity contribution is 0.499. The number of hydrogen-bond donors (Lipinski definition) is 1. The number of hydrogen-bond acceptors (Lipinski definition) is 3. The molecule has 1 heterocycles. The molecule has 84 valence electrons. The van der Waals surface area contributed by atoms with Gasteiger partial charge in [0.2, 0.25) is 0 Å². The average molecular weight is 225 g/mol. The van der Waals surface area contributed by atoms with Crippen LogP contribution < -0.4 is 5.32 Å². The minimum Gasteiger partial charge on any atom is -0.466 e. The van der Waals surface area contributed by atoms with E-state index in [-0.39, 0.29) is 0 Å². The maximum Gasteiger partial charge on any atom is 0.105 e. The standard InChI is InChI=1S/C12H19NOS/c1-4-6-15-7-5-13-9-12-8-10(2)14-11(12)3/h4,8,13H,1,5-7,9H2,2-3H3. The predicted octanol–water partition coefficient (Wildman–Crippen LogP) is 2.91. The summed E-state index contributed by atoms with van der Waals surface area (Å²) in [5, 5.41) is 3.40. The van der Waals surface area contributed by atoms with Crippen LogP contribution in [0.2, 0.25) is 0 Å². The fourth-order valence-corrected chi connectivity index (χ4v) is 2.02. The van der Waals surface area contributed by atoms with Gasteiger partial charge in [0, 0.05) is 30.2 Å². The molecule has 0 bridgehead atoms. The monoisotopic (exact) mass is 225 g/mol. The summed E-state index contributed by atoms with van der Waals surface area (Å²) in [5.74, 6) is 4.18. The SMILES string of the molecule is C=CCSCCNCc1cc(C)oc1C. The fraction of sp³-hybridized carbons (Fsp3) is 0.500. The van der Waals surface area contributed by atoms with E-state index in [0.717, 1.165) is 36.1 Å². The Hall–Kier alpha value is -0.670. The summed E-state index contributed by atoms with van der Waals surface area (Å²) in [6.07, 6.45) is 1.94. The van der Waals surface area contributed by atoms with Crippen molar-refractivity contribution in [3.8, 4) is 0 Å². The molecule has 0 aliphatic heterocycles. The summed E-state index contributed by atoms with van der Waals surface area (Å²) in [6.45, 7) is 9.61. The second-order valence-electron chi connectivity index (χ2n) is 3.48. The molecule has 3 heteroatoms. The van der Waals surface area contributed by atoms with Crippen molar-refractivity contribution in [1.29, 1.82) is 0 Å². The molecule has 1 aromatic rings. The fourth-order valence-electron chi connectivity index (χ4n) is 1.39. The maximum absolute atomic E-state index is 5.45.